The molecule has 4 N–H and O–H groups in total. The summed E-state index contributed by atoms with van der Waals surface area (Å²) in [6, 6.07) is 1.36. The van der Waals surface area contributed by atoms with Crippen LogP contribution in [0.3, 0.4) is 0 Å². The van der Waals surface area contributed by atoms with Crippen molar-refractivity contribution >= 4 is 13.6 Å². The number of nitrogen functional groups attached to an aromatic ring is 1. The smallest absolute Gasteiger partial charge is 0.467 e. The number of nitrogens with two attached hydrogens (primary N) is 1. The summed E-state index contributed by atoms with van der Waals surface area (Å²) in [7, 11) is -3.38. The SMILES string of the molecule is CCC1=C(OP(=O)(O)OC)C(O)[C@H](n2ccc(N)nc2=O)O1. The molecule has 10 nitrogen and oxygen atoms in total. The molecule has 0 saturated heterocycles. The summed E-state index contributed by atoms with van der Waals surface area (Å²) >= 11 is 0. The fraction of sp³-hybridized carbons (Fsp3) is 0.455. The molecule has 2 heterocycles. The molecule has 11 heteroatoms. The van der Waals surface area contributed by atoms with Gasteiger partial charge < -0.3 is 20.1 Å². The van der Waals surface area contributed by atoms with Crippen LogP contribution < -0.4 is 11.4 Å². The van der Waals surface area contributed by atoms with Gasteiger partial charge in [-0.05, 0) is 6.07 Å². The van der Waals surface area contributed by atoms with Gasteiger partial charge >= 0.3 is 13.5 Å². The number of aromatic nitrogens is 2. The third-order valence-electron chi connectivity index (χ3n) is 2.97. The van der Waals surface area contributed by atoms with Crippen molar-refractivity contribution in [3.63, 3.8) is 0 Å². The number of ether oxygens (including phenoxy) is 1. The number of anilines is 1. The summed E-state index contributed by atoms with van der Waals surface area (Å²) in [6.07, 6.45) is -1.09. The van der Waals surface area contributed by atoms with Gasteiger partial charge in [-0.2, -0.15) is 4.98 Å². The van der Waals surface area contributed by atoms with E-state index in [1.807, 2.05) is 0 Å². The van der Waals surface area contributed by atoms with Gasteiger partial charge in [0.25, 0.3) is 0 Å². The Morgan fingerprint density at radius 2 is 2.27 bits per heavy atom. The standard InChI is InChI=1S/C11H16N3O7P/c1-3-6-9(21-22(17,18)19-2)8(15)10(20-6)14-5-4-7(12)13-11(14)16/h4-5,8,10,15H,3H2,1-2H3,(H,17,18)(H2,12,13,16)/t8?,10-/m1/s1. The molecule has 0 bridgehead atoms. The Hall–Kier alpha value is -1.87. The molecule has 0 spiro atoms. The number of nitrogens with zero attached hydrogens (tertiary/aromatic N) is 2. The molecule has 0 radical (unpaired) electrons. The minimum Gasteiger partial charge on any atom is -0.467 e. The van der Waals surface area contributed by atoms with Crippen LogP contribution in [0.4, 0.5) is 5.82 Å². The third-order valence-corrected chi connectivity index (χ3v) is 3.86. The van der Waals surface area contributed by atoms with E-state index in [9.17, 15) is 19.4 Å². The van der Waals surface area contributed by atoms with Gasteiger partial charge in [0.1, 0.15) is 11.6 Å². The van der Waals surface area contributed by atoms with Crippen LogP contribution >= 0.6 is 7.82 Å². The Bertz CT molecular complexity index is 701. The van der Waals surface area contributed by atoms with E-state index in [2.05, 4.69) is 9.51 Å². The second-order valence-corrected chi connectivity index (χ2v) is 5.86. The highest BCUT2D eigenvalue weighted by Crippen LogP contribution is 2.49. The number of hydrogen-bond acceptors (Lipinski definition) is 8. The van der Waals surface area contributed by atoms with Gasteiger partial charge in [-0.1, -0.05) is 6.92 Å². The Kier molecular flexibility index (Phi) is 4.57. The predicted molar refractivity (Wildman–Crippen MR) is 74.3 cm³/mol. The van der Waals surface area contributed by atoms with Crippen molar-refractivity contribution in [3.8, 4) is 0 Å². The Morgan fingerprint density at radius 3 is 2.82 bits per heavy atom. The fourth-order valence-electron chi connectivity index (χ4n) is 1.92. The first-order chi connectivity index (χ1) is 10.3. The average molecular weight is 333 g/mol. The van der Waals surface area contributed by atoms with Crippen LogP contribution in [0, 0.1) is 0 Å². The lowest BCUT2D eigenvalue weighted by Crippen LogP contribution is -2.33. The number of hydrogen-bond donors (Lipinski definition) is 3. The quantitative estimate of drug-likeness (QED) is 0.638. The lowest BCUT2D eigenvalue weighted by Gasteiger charge is -2.18. The lowest BCUT2D eigenvalue weighted by molar-refractivity contribution is -0.0127. The van der Waals surface area contributed by atoms with Gasteiger partial charge in [0.15, 0.2) is 11.9 Å². The van der Waals surface area contributed by atoms with Gasteiger partial charge in [-0.3, -0.25) is 14.0 Å². The van der Waals surface area contributed by atoms with E-state index >= 15 is 0 Å². The van der Waals surface area contributed by atoms with Crippen molar-refractivity contribution in [2.45, 2.75) is 25.7 Å². The highest BCUT2D eigenvalue weighted by Gasteiger charge is 2.41. The van der Waals surface area contributed by atoms with Crippen molar-refractivity contribution in [3.05, 3.63) is 34.3 Å². The third kappa shape index (κ3) is 3.14. The van der Waals surface area contributed by atoms with Crippen LogP contribution in [0.5, 0.6) is 0 Å². The molecule has 1 aliphatic heterocycles. The molecule has 0 saturated carbocycles. The number of rotatable bonds is 5. The summed E-state index contributed by atoms with van der Waals surface area (Å²) < 4.78 is 27.1. The topological polar surface area (TPSA) is 146 Å². The van der Waals surface area contributed by atoms with Gasteiger partial charge in [-0.15, -0.1) is 0 Å². The molecule has 22 heavy (non-hydrogen) atoms. The summed E-state index contributed by atoms with van der Waals surface area (Å²) in [5.74, 6) is -0.107. The zero-order valence-electron chi connectivity index (χ0n) is 11.9. The number of aliphatic hydroxyl groups is 1. The van der Waals surface area contributed by atoms with Gasteiger partial charge in [0.05, 0.1) is 0 Å². The van der Waals surface area contributed by atoms with Gasteiger partial charge in [-0.25, -0.2) is 9.36 Å². The summed E-state index contributed by atoms with van der Waals surface area (Å²) in [6.45, 7) is 1.69. The van der Waals surface area contributed by atoms with Crippen molar-refractivity contribution < 1.29 is 28.3 Å². The average Bonchev–Trinajstić information content (AvgIpc) is 2.76. The Morgan fingerprint density at radius 1 is 1.59 bits per heavy atom. The minimum atomic E-state index is -4.37. The van der Waals surface area contributed by atoms with Crippen LogP contribution in [0.1, 0.15) is 19.6 Å². The van der Waals surface area contributed by atoms with E-state index in [-0.39, 0.29) is 23.8 Å². The highest BCUT2D eigenvalue weighted by molar-refractivity contribution is 7.47. The van der Waals surface area contributed by atoms with Gasteiger partial charge in [0.2, 0.25) is 6.23 Å². The molecule has 1 aromatic rings. The normalized spacial score (nSPS) is 24.0. The van der Waals surface area contributed by atoms with Crippen LogP contribution in [0.2, 0.25) is 0 Å². The molecule has 0 aliphatic carbocycles. The van der Waals surface area contributed by atoms with Crippen molar-refractivity contribution in [2.24, 2.45) is 0 Å². The molecule has 122 valence electrons. The first-order valence-electron chi connectivity index (χ1n) is 6.29. The van der Waals surface area contributed by atoms with Crippen LogP contribution in [0.25, 0.3) is 0 Å². The maximum absolute atomic E-state index is 11.8. The molecule has 0 amide bonds. The number of phosphoric acid groups is 1. The zero-order chi connectivity index (χ0) is 16.5. The highest BCUT2D eigenvalue weighted by atomic mass is 31.2. The Balaban J connectivity index is 2.34. The second-order valence-electron chi connectivity index (χ2n) is 4.38. The number of phosphoric ester groups is 1. The number of allylic oxidation sites excluding steroid dienone is 1. The monoisotopic (exact) mass is 333 g/mol. The largest absolute Gasteiger partial charge is 0.527 e. The van der Waals surface area contributed by atoms with Gasteiger partial charge in [0, 0.05) is 19.7 Å². The van der Waals surface area contributed by atoms with Crippen molar-refractivity contribution in [1.29, 1.82) is 0 Å². The van der Waals surface area contributed by atoms with E-state index < -0.39 is 25.8 Å². The zero-order valence-corrected chi connectivity index (χ0v) is 12.8. The summed E-state index contributed by atoms with van der Waals surface area (Å²) in [4.78, 5) is 24.7. The number of aliphatic hydroxyl groups excluding tert-OH is 1. The maximum atomic E-state index is 11.8. The van der Waals surface area contributed by atoms with E-state index in [1.54, 1.807) is 6.92 Å². The molecule has 2 rings (SSSR count). The summed E-state index contributed by atoms with van der Waals surface area (Å²) in [5.41, 5.74) is 4.66. The van der Waals surface area contributed by atoms with Crippen LogP contribution in [-0.4, -0.2) is 32.8 Å². The van der Waals surface area contributed by atoms with E-state index in [4.69, 9.17) is 15.0 Å². The second kappa shape index (κ2) is 6.09. The fourth-order valence-corrected chi connectivity index (χ4v) is 2.45. The van der Waals surface area contributed by atoms with Crippen molar-refractivity contribution in [1.82, 2.24) is 9.55 Å². The lowest BCUT2D eigenvalue weighted by atomic mass is 10.2. The molecule has 2 unspecified atom stereocenters. The summed E-state index contributed by atoms with van der Waals surface area (Å²) in [5, 5.41) is 10.2. The molecule has 1 aliphatic rings. The molecule has 3 atom stereocenters. The maximum Gasteiger partial charge on any atom is 0.527 e. The molecule has 0 aromatic carbocycles. The van der Waals surface area contributed by atoms with E-state index in [0.717, 1.165) is 11.7 Å². The predicted octanol–water partition coefficient (Wildman–Crippen LogP) is 0.100. The minimum absolute atomic E-state index is 0.0214. The molecular weight excluding hydrogens is 317 g/mol. The molecule has 0 fully saturated rings. The van der Waals surface area contributed by atoms with E-state index in [0.29, 0.717) is 0 Å². The van der Waals surface area contributed by atoms with Crippen LogP contribution in [0.15, 0.2) is 28.6 Å². The van der Waals surface area contributed by atoms with E-state index in [1.165, 1.54) is 12.3 Å². The Labute approximate surface area is 125 Å². The first-order valence-corrected chi connectivity index (χ1v) is 7.79. The first kappa shape index (κ1) is 16.5. The molecule has 1 aromatic heterocycles. The van der Waals surface area contributed by atoms with Crippen LogP contribution in [-0.2, 0) is 18.3 Å². The molecular formula is C11H16N3O7P. The van der Waals surface area contributed by atoms with Crippen molar-refractivity contribution in [2.75, 3.05) is 12.8 Å².